The summed E-state index contributed by atoms with van der Waals surface area (Å²) in [6.07, 6.45) is 0. The Kier molecular flexibility index (Phi) is 4.04. The Bertz CT molecular complexity index is 950. The van der Waals surface area contributed by atoms with Crippen molar-refractivity contribution in [3.8, 4) is 0 Å². The molecule has 1 heterocycles. The van der Waals surface area contributed by atoms with Crippen molar-refractivity contribution >= 4 is 22.3 Å². The monoisotopic (exact) mass is 324 g/mol. The second-order valence-electron chi connectivity index (χ2n) is 5.54. The summed E-state index contributed by atoms with van der Waals surface area (Å²) in [5.74, 6) is 0. The summed E-state index contributed by atoms with van der Waals surface area (Å²) in [6, 6.07) is 16.3. The first-order valence-electron chi connectivity index (χ1n) is 7.48. The molecule has 0 spiro atoms. The minimum absolute atomic E-state index is 0.157. The summed E-state index contributed by atoms with van der Waals surface area (Å²) in [5, 5.41) is 12.0. The highest BCUT2D eigenvalue weighted by Gasteiger charge is 2.29. The molecule has 6 nitrogen and oxygen atoms in total. The smallest absolute Gasteiger partial charge is 0.417 e. The predicted molar refractivity (Wildman–Crippen MR) is 92.4 cm³/mol. The van der Waals surface area contributed by atoms with Gasteiger partial charge in [0.25, 0.3) is 0 Å². The van der Waals surface area contributed by atoms with E-state index < -0.39 is 16.2 Å². The average molecular weight is 324 g/mol. The van der Waals surface area contributed by atoms with Gasteiger partial charge in [0.1, 0.15) is 11.3 Å². The quantitative estimate of drug-likeness (QED) is 0.413. The molecule has 0 N–H and O–H groups in total. The van der Waals surface area contributed by atoms with E-state index in [9.17, 15) is 14.9 Å². The van der Waals surface area contributed by atoms with Gasteiger partial charge < -0.3 is 9.32 Å². The van der Waals surface area contributed by atoms with Crippen LogP contribution in [0.25, 0.3) is 11.0 Å². The Hall–Kier alpha value is -3.15. The highest BCUT2D eigenvalue weighted by molar-refractivity contribution is 5.95. The van der Waals surface area contributed by atoms with Crippen molar-refractivity contribution in [3.63, 3.8) is 0 Å². The second-order valence-corrected chi connectivity index (χ2v) is 5.54. The van der Waals surface area contributed by atoms with Crippen LogP contribution in [-0.4, -0.2) is 12.0 Å². The van der Waals surface area contributed by atoms with Gasteiger partial charge in [-0.3, -0.25) is 10.1 Å². The topological polar surface area (TPSA) is 76.6 Å². The first-order valence-corrected chi connectivity index (χ1v) is 7.48. The molecule has 0 fully saturated rings. The summed E-state index contributed by atoms with van der Waals surface area (Å²) in [4.78, 5) is 24.7. The fourth-order valence-corrected chi connectivity index (χ4v) is 2.79. The van der Waals surface area contributed by atoms with Crippen molar-refractivity contribution < 1.29 is 9.34 Å². The lowest BCUT2D eigenvalue weighted by molar-refractivity contribution is -0.386. The van der Waals surface area contributed by atoms with Gasteiger partial charge in [-0.25, -0.2) is 4.79 Å². The minimum atomic E-state index is -0.944. The van der Waals surface area contributed by atoms with E-state index in [1.54, 1.807) is 36.2 Å². The first kappa shape index (κ1) is 15.7. The summed E-state index contributed by atoms with van der Waals surface area (Å²) in [5.41, 5.74) is 0.102. The van der Waals surface area contributed by atoms with Crippen molar-refractivity contribution in [3.05, 3.63) is 80.7 Å². The second kappa shape index (κ2) is 6.16. The van der Waals surface area contributed by atoms with E-state index in [0.717, 1.165) is 5.56 Å². The van der Waals surface area contributed by atoms with Gasteiger partial charge in [-0.05, 0) is 24.6 Å². The molecule has 0 aliphatic rings. The summed E-state index contributed by atoms with van der Waals surface area (Å²) < 4.78 is 5.11. The molecule has 3 rings (SSSR count). The van der Waals surface area contributed by atoms with Crippen LogP contribution in [0.4, 0.5) is 11.4 Å². The van der Waals surface area contributed by atoms with Gasteiger partial charge in [0.05, 0.1) is 11.0 Å². The van der Waals surface area contributed by atoms with E-state index in [2.05, 4.69) is 0 Å². The number of rotatable bonds is 4. The standard InChI is InChI=1S/C18H16N2O4/c1-12(13-8-4-3-5-9-13)19(2)16-14-10-6-7-11-15(14)24-18(21)17(16)20(22)23/h3-12H,1-2H3/t12-/m1/s1. The number of anilines is 1. The van der Waals surface area contributed by atoms with Crippen LogP contribution in [0.3, 0.4) is 0 Å². The average Bonchev–Trinajstić information content (AvgIpc) is 2.59. The molecule has 0 saturated heterocycles. The van der Waals surface area contributed by atoms with Gasteiger partial charge in [0.2, 0.25) is 0 Å². The zero-order valence-electron chi connectivity index (χ0n) is 13.3. The zero-order chi connectivity index (χ0) is 17.3. The van der Waals surface area contributed by atoms with Gasteiger partial charge in [-0.15, -0.1) is 0 Å². The zero-order valence-corrected chi connectivity index (χ0v) is 13.3. The summed E-state index contributed by atoms with van der Waals surface area (Å²) in [7, 11) is 1.74. The summed E-state index contributed by atoms with van der Waals surface area (Å²) >= 11 is 0. The van der Waals surface area contributed by atoms with Gasteiger partial charge >= 0.3 is 11.3 Å². The van der Waals surface area contributed by atoms with E-state index >= 15 is 0 Å². The molecule has 0 aliphatic carbocycles. The lowest BCUT2D eigenvalue weighted by atomic mass is 10.1. The third-order valence-corrected chi connectivity index (χ3v) is 4.16. The van der Waals surface area contributed by atoms with E-state index in [4.69, 9.17) is 4.42 Å². The number of nitro groups is 1. The number of nitrogens with zero attached hydrogens (tertiary/aromatic N) is 2. The highest BCUT2D eigenvalue weighted by Crippen LogP contribution is 2.36. The van der Waals surface area contributed by atoms with Crippen LogP contribution in [0.2, 0.25) is 0 Å². The largest absolute Gasteiger partial charge is 0.418 e. The molecule has 0 amide bonds. The number of hydrogen-bond acceptors (Lipinski definition) is 5. The number of fused-ring (bicyclic) bond motifs is 1. The van der Waals surface area contributed by atoms with Crippen LogP contribution in [-0.2, 0) is 0 Å². The molecule has 6 heteroatoms. The molecule has 0 radical (unpaired) electrons. The fourth-order valence-electron chi connectivity index (χ4n) is 2.79. The molecule has 3 aromatic rings. The van der Waals surface area contributed by atoms with E-state index in [-0.39, 0.29) is 11.7 Å². The van der Waals surface area contributed by atoms with E-state index in [1.165, 1.54) is 0 Å². The molecule has 1 atom stereocenters. The third kappa shape index (κ3) is 2.62. The van der Waals surface area contributed by atoms with Crippen LogP contribution in [0.1, 0.15) is 18.5 Å². The maximum atomic E-state index is 12.1. The highest BCUT2D eigenvalue weighted by atomic mass is 16.6. The molecule has 0 bridgehead atoms. The molecule has 0 aliphatic heterocycles. The third-order valence-electron chi connectivity index (χ3n) is 4.16. The molecule has 24 heavy (non-hydrogen) atoms. The van der Waals surface area contributed by atoms with Gasteiger partial charge in [0.15, 0.2) is 0 Å². The summed E-state index contributed by atoms with van der Waals surface area (Å²) in [6.45, 7) is 1.93. The molecule has 0 saturated carbocycles. The van der Waals surface area contributed by atoms with Crippen LogP contribution >= 0.6 is 0 Å². The molecule has 1 aromatic heterocycles. The number of para-hydroxylation sites is 1. The fraction of sp³-hybridized carbons (Fsp3) is 0.167. The SMILES string of the molecule is C[C@H](c1ccccc1)N(C)c1c([N+](=O)[O-])c(=O)oc2ccccc12. The Morgan fingerprint density at radius 2 is 1.71 bits per heavy atom. The van der Waals surface area contributed by atoms with Crippen molar-refractivity contribution in [2.45, 2.75) is 13.0 Å². The molecule has 2 aromatic carbocycles. The number of hydrogen-bond donors (Lipinski definition) is 0. The molecule has 0 unspecified atom stereocenters. The van der Waals surface area contributed by atoms with Gasteiger partial charge in [0, 0.05) is 12.4 Å². The van der Waals surface area contributed by atoms with Crippen molar-refractivity contribution in [2.24, 2.45) is 0 Å². The molecule has 122 valence electrons. The lowest BCUT2D eigenvalue weighted by Gasteiger charge is -2.27. The van der Waals surface area contributed by atoms with Crippen LogP contribution in [0.5, 0.6) is 0 Å². The predicted octanol–water partition coefficient (Wildman–Crippen LogP) is 3.90. The first-order chi connectivity index (χ1) is 11.5. The molecular formula is C18H16N2O4. The Morgan fingerprint density at radius 1 is 1.08 bits per heavy atom. The van der Waals surface area contributed by atoms with Crippen LogP contribution in [0, 0.1) is 10.1 Å². The van der Waals surface area contributed by atoms with Crippen LogP contribution < -0.4 is 10.5 Å². The van der Waals surface area contributed by atoms with E-state index in [1.807, 2.05) is 37.3 Å². The Balaban J connectivity index is 2.25. The van der Waals surface area contributed by atoms with Gasteiger partial charge in [-0.1, -0.05) is 42.5 Å². The Morgan fingerprint density at radius 3 is 2.38 bits per heavy atom. The minimum Gasteiger partial charge on any atom is -0.418 e. The maximum Gasteiger partial charge on any atom is 0.417 e. The lowest BCUT2D eigenvalue weighted by Crippen LogP contribution is -2.25. The molecular weight excluding hydrogens is 308 g/mol. The van der Waals surface area contributed by atoms with Crippen LogP contribution in [0.15, 0.2) is 63.8 Å². The number of benzene rings is 2. The van der Waals surface area contributed by atoms with Crippen molar-refractivity contribution in [1.82, 2.24) is 0 Å². The van der Waals surface area contributed by atoms with Crippen molar-refractivity contribution in [2.75, 3.05) is 11.9 Å². The normalized spacial score (nSPS) is 12.1. The van der Waals surface area contributed by atoms with E-state index in [0.29, 0.717) is 11.0 Å². The van der Waals surface area contributed by atoms with Crippen molar-refractivity contribution in [1.29, 1.82) is 0 Å². The van der Waals surface area contributed by atoms with Gasteiger partial charge in [-0.2, -0.15) is 0 Å². The Labute approximate surface area is 138 Å². The maximum absolute atomic E-state index is 12.1.